The van der Waals surface area contributed by atoms with E-state index in [9.17, 15) is 13.6 Å². The number of fused-ring (bicyclic) bond motifs is 1. The zero-order valence-corrected chi connectivity index (χ0v) is 25.9. The number of esters is 1. The van der Waals surface area contributed by atoms with E-state index >= 15 is 0 Å². The van der Waals surface area contributed by atoms with Crippen molar-refractivity contribution in [3.63, 3.8) is 0 Å². The molecule has 9 heteroatoms. The van der Waals surface area contributed by atoms with E-state index in [-0.39, 0.29) is 28.0 Å². The number of anilines is 1. The molecule has 1 aliphatic carbocycles. The maximum absolute atomic E-state index is 14.9. The van der Waals surface area contributed by atoms with Crippen LogP contribution in [0, 0.1) is 17.0 Å². The number of nitrogens with one attached hydrogen (secondary N) is 1. The Morgan fingerprint density at radius 2 is 1.73 bits per heavy atom. The normalized spacial score (nSPS) is 17.3. The maximum Gasteiger partial charge on any atom is 0.341 e. The van der Waals surface area contributed by atoms with Gasteiger partial charge in [-0.2, -0.15) is 4.39 Å². The van der Waals surface area contributed by atoms with Crippen LogP contribution in [0.4, 0.5) is 14.5 Å². The van der Waals surface area contributed by atoms with Gasteiger partial charge in [0.1, 0.15) is 11.3 Å². The van der Waals surface area contributed by atoms with E-state index in [1.165, 1.54) is 36.1 Å². The molecule has 4 aromatic rings. The molecule has 44 heavy (non-hydrogen) atoms. The minimum atomic E-state index is -1.13. The van der Waals surface area contributed by atoms with Gasteiger partial charge in [0.05, 0.1) is 12.6 Å². The van der Waals surface area contributed by atoms with Crippen LogP contribution in [-0.4, -0.2) is 55.7 Å². The molecular formula is C35H36ClF2N3O3. The fraction of sp³-hybridized carbons (Fsp3) is 0.343. The molecule has 1 fully saturated rings. The standard InChI is InChI=1S/C35H36ClF2N3O3/c1-35(2)12-10-24(28(20-35)22-4-6-25(36)7-5-22)21-40-14-16-41(17-15-40)26-8-9-27(34(42)43-3)29(19-26)44-30-18-23-11-13-39-33(23)32(38)31(30)37/h4-9,11,13,18-19,39H,10,12,14-17,20-21H2,1-3H3. The highest BCUT2D eigenvalue weighted by molar-refractivity contribution is 6.30. The summed E-state index contributed by atoms with van der Waals surface area (Å²) in [4.78, 5) is 19.9. The second-order valence-corrected chi connectivity index (χ2v) is 12.8. The van der Waals surface area contributed by atoms with E-state index in [1.807, 2.05) is 18.2 Å². The molecule has 0 amide bonds. The molecule has 0 spiro atoms. The van der Waals surface area contributed by atoms with Gasteiger partial charge in [0.25, 0.3) is 0 Å². The average molecular weight is 620 g/mol. The molecule has 0 radical (unpaired) electrons. The lowest BCUT2D eigenvalue weighted by atomic mass is 9.72. The second-order valence-electron chi connectivity index (χ2n) is 12.4. The number of hydrogen-bond acceptors (Lipinski definition) is 5. The summed E-state index contributed by atoms with van der Waals surface area (Å²) in [5.41, 5.74) is 5.45. The number of rotatable bonds is 7. The van der Waals surface area contributed by atoms with Gasteiger partial charge in [0, 0.05) is 61.1 Å². The van der Waals surface area contributed by atoms with Crippen molar-refractivity contribution < 1.29 is 23.0 Å². The van der Waals surface area contributed by atoms with E-state index in [1.54, 1.807) is 18.2 Å². The van der Waals surface area contributed by atoms with Gasteiger partial charge in [-0.3, -0.25) is 4.90 Å². The van der Waals surface area contributed by atoms with Gasteiger partial charge in [-0.25, -0.2) is 9.18 Å². The number of H-pyrrole nitrogens is 1. The van der Waals surface area contributed by atoms with Crippen LogP contribution in [0.2, 0.25) is 5.02 Å². The van der Waals surface area contributed by atoms with Gasteiger partial charge in [-0.15, -0.1) is 0 Å². The Morgan fingerprint density at radius 1 is 0.977 bits per heavy atom. The number of hydrogen-bond donors (Lipinski definition) is 1. The fourth-order valence-electron chi connectivity index (χ4n) is 6.28. The van der Waals surface area contributed by atoms with E-state index in [0.717, 1.165) is 62.7 Å². The van der Waals surface area contributed by atoms with E-state index < -0.39 is 17.6 Å². The molecule has 3 aromatic carbocycles. The van der Waals surface area contributed by atoms with Crippen molar-refractivity contribution in [1.82, 2.24) is 9.88 Å². The molecule has 0 saturated carbocycles. The number of carbonyl (C=O) groups excluding carboxylic acids is 1. The van der Waals surface area contributed by atoms with Crippen LogP contribution in [0.1, 0.15) is 49.0 Å². The predicted octanol–water partition coefficient (Wildman–Crippen LogP) is 8.46. The Kier molecular flexibility index (Phi) is 8.40. The van der Waals surface area contributed by atoms with E-state index in [4.69, 9.17) is 21.1 Å². The van der Waals surface area contributed by atoms with Crippen molar-refractivity contribution in [1.29, 1.82) is 0 Å². The zero-order valence-electron chi connectivity index (χ0n) is 25.2. The largest absolute Gasteiger partial charge is 0.465 e. The van der Waals surface area contributed by atoms with Gasteiger partial charge in [-0.05, 0) is 72.2 Å². The van der Waals surface area contributed by atoms with Crippen molar-refractivity contribution in [2.24, 2.45) is 5.41 Å². The van der Waals surface area contributed by atoms with Gasteiger partial charge in [0.15, 0.2) is 11.6 Å². The summed E-state index contributed by atoms with van der Waals surface area (Å²) in [6, 6.07) is 16.4. The number of carbonyl (C=O) groups is 1. The summed E-state index contributed by atoms with van der Waals surface area (Å²) in [5.74, 6) is -2.99. The number of benzene rings is 3. The first kappa shape index (κ1) is 30.2. The molecule has 6 rings (SSSR count). The molecule has 2 heterocycles. The molecule has 1 aliphatic heterocycles. The van der Waals surface area contributed by atoms with Gasteiger partial charge in [-0.1, -0.05) is 43.2 Å². The third kappa shape index (κ3) is 6.19. The molecular weight excluding hydrogens is 584 g/mol. The number of aromatic amines is 1. The average Bonchev–Trinajstić information content (AvgIpc) is 3.50. The zero-order chi connectivity index (χ0) is 31.0. The number of allylic oxidation sites excluding steroid dienone is 1. The molecule has 6 nitrogen and oxygen atoms in total. The fourth-order valence-corrected chi connectivity index (χ4v) is 6.40. The Hall–Kier alpha value is -3.88. The summed E-state index contributed by atoms with van der Waals surface area (Å²) in [6.45, 7) is 8.86. The summed E-state index contributed by atoms with van der Waals surface area (Å²) in [6.07, 6.45) is 4.81. The number of nitrogens with zero attached hydrogens (tertiary/aromatic N) is 2. The minimum Gasteiger partial charge on any atom is -0.465 e. The minimum absolute atomic E-state index is 0.0580. The van der Waals surface area contributed by atoms with Crippen LogP contribution in [0.3, 0.4) is 0 Å². The van der Waals surface area contributed by atoms with Gasteiger partial charge >= 0.3 is 5.97 Å². The SMILES string of the molecule is COC(=O)c1ccc(N2CCN(CC3=C(c4ccc(Cl)cc4)CC(C)(C)CC3)CC2)cc1Oc1cc2cc[nH]c2c(F)c1F. The van der Waals surface area contributed by atoms with Crippen LogP contribution in [0.5, 0.6) is 11.5 Å². The van der Waals surface area contributed by atoms with Crippen LogP contribution in [-0.2, 0) is 4.74 Å². The van der Waals surface area contributed by atoms with Crippen molar-refractivity contribution in [3.8, 4) is 11.5 Å². The third-order valence-corrected chi connectivity index (χ3v) is 9.07. The Balaban J connectivity index is 1.20. The smallest absolute Gasteiger partial charge is 0.341 e. The number of methoxy groups -OCH3 is 1. The first-order valence-corrected chi connectivity index (χ1v) is 15.3. The number of ether oxygens (including phenoxy) is 2. The van der Waals surface area contributed by atoms with Crippen molar-refractivity contribution in [2.75, 3.05) is 44.7 Å². The Bertz CT molecular complexity index is 1720. The highest BCUT2D eigenvalue weighted by Gasteiger charge is 2.30. The molecule has 1 saturated heterocycles. The van der Waals surface area contributed by atoms with Crippen molar-refractivity contribution in [2.45, 2.75) is 33.1 Å². The summed E-state index contributed by atoms with van der Waals surface area (Å²) < 4.78 is 40.4. The first-order valence-electron chi connectivity index (χ1n) is 14.9. The molecule has 0 unspecified atom stereocenters. The Morgan fingerprint density at radius 3 is 2.45 bits per heavy atom. The van der Waals surface area contributed by atoms with Crippen LogP contribution < -0.4 is 9.64 Å². The highest BCUT2D eigenvalue weighted by Crippen LogP contribution is 2.43. The topological polar surface area (TPSA) is 57.8 Å². The summed E-state index contributed by atoms with van der Waals surface area (Å²) >= 11 is 6.18. The van der Waals surface area contributed by atoms with E-state index in [2.05, 4.69) is 40.8 Å². The summed E-state index contributed by atoms with van der Waals surface area (Å²) in [5, 5.41) is 1.20. The molecule has 2 aliphatic rings. The maximum atomic E-state index is 14.9. The number of halogens is 3. The summed E-state index contributed by atoms with van der Waals surface area (Å²) in [7, 11) is 1.27. The predicted molar refractivity (Wildman–Crippen MR) is 171 cm³/mol. The lowest BCUT2D eigenvalue weighted by Gasteiger charge is -2.39. The lowest BCUT2D eigenvalue weighted by molar-refractivity contribution is 0.0598. The molecule has 0 atom stereocenters. The molecule has 230 valence electrons. The van der Waals surface area contributed by atoms with E-state index in [0.29, 0.717) is 5.39 Å². The molecule has 1 aromatic heterocycles. The second kappa shape index (κ2) is 12.3. The van der Waals surface area contributed by atoms with Gasteiger partial charge in [0.2, 0.25) is 5.82 Å². The van der Waals surface area contributed by atoms with Crippen molar-refractivity contribution >= 4 is 39.7 Å². The lowest BCUT2D eigenvalue weighted by Crippen LogP contribution is -2.47. The monoisotopic (exact) mass is 619 g/mol. The quantitative estimate of drug-likeness (QED) is 0.210. The molecule has 0 bridgehead atoms. The van der Waals surface area contributed by atoms with Crippen LogP contribution >= 0.6 is 11.6 Å². The van der Waals surface area contributed by atoms with Crippen molar-refractivity contribution in [3.05, 3.63) is 94.2 Å². The van der Waals surface area contributed by atoms with Gasteiger partial charge < -0.3 is 19.4 Å². The van der Waals surface area contributed by atoms with Crippen LogP contribution in [0.25, 0.3) is 16.5 Å². The third-order valence-electron chi connectivity index (χ3n) is 8.82. The Labute approximate surface area is 261 Å². The number of aromatic nitrogens is 1. The van der Waals surface area contributed by atoms with Crippen LogP contribution in [0.15, 0.2) is 66.4 Å². The number of piperazine rings is 1. The molecule has 1 N–H and O–H groups in total. The highest BCUT2D eigenvalue weighted by atomic mass is 35.5. The first-order chi connectivity index (χ1) is 21.1.